The molecule has 1 aliphatic rings. The van der Waals surface area contributed by atoms with Gasteiger partial charge in [-0.2, -0.15) is 0 Å². The van der Waals surface area contributed by atoms with E-state index in [0.717, 1.165) is 5.56 Å². The molecule has 0 unspecified atom stereocenters. The normalized spacial score (nSPS) is 22.1. The van der Waals surface area contributed by atoms with Crippen LogP contribution < -0.4 is 0 Å². The quantitative estimate of drug-likeness (QED) is 0.816. The molecule has 1 heterocycles. The summed E-state index contributed by atoms with van der Waals surface area (Å²) in [4.78, 5) is 13.9. The number of aliphatic hydroxyl groups excluding tert-OH is 1. The van der Waals surface area contributed by atoms with Gasteiger partial charge in [0.2, 0.25) is 5.91 Å². The number of amides is 1. The van der Waals surface area contributed by atoms with Crippen molar-refractivity contribution in [2.24, 2.45) is 0 Å². The Balaban J connectivity index is 2.05. The van der Waals surface area contributed by atoms with E-state index >= 15 is 0 Å². The third-order valence-corrected chi connectivity index (χ3v) is 3.15. The first-order valence-electron chi connectivity index (χ1n) is 5.70. The van der Waals surface area contributed by atoms with Crippen molar-refractivity contribution in [1.82, 2.24) is 4.90 Å². The molecule has 1 aromatic carbocycles. The van der Waals surface area contributed by atoms with Crippen LogP contribution in [0.5, 0.6) is 0 Å². The molecule has 86 valence electrons. The van der Waals surface area contributed by atoms with Gasteiger partial charge in [0.1, 0.15) is 0 Å². The van der Waals surface area contributed by atoms with Gasteiger partial charge < -0.3 is 10.0 Å². The van der Waals surface area contributed by atoms with E-state index in [-0.39, 0.29) is 17.9 Å². The third kappa shape index (κ3) is 2.25. The van der Waals surface area contributed by atoms with Crippen LogP contribution >= 0.6 is 0 Å². The van der Waals surface area contributed by atoms with Crippen LogP contribution in [0.4, 0.5) is 0 Å². The lowest BCUT2D eigenvalue weighted by Crippen LogP contribution is -2.32. The molecular formula is C13H17NO2. The van der Waals surface area contributed by atoms with Crippen LogP contribution in [0.1, 0.15) is 24.8 Å². The maximum Gasteiger partial charge on any atom is 0.229 e. The third-order valence-electron chi connectivity index (χ3n) is 3.15. The van der Waals surface area contributed by atoms with Crippen LogP contribution in [0, 0.1) is 0 Å². The minimum atomic E-state index is -0.341. The first-order chi connectivity index (χ1) is 7.68. The van der Waals surface area contributed by atoms with Gasteiger partial charge in [0, 0.05) is 13.1 Å². The fourth-order valence-electron chi connectivity index (χ4n) is 2.10. The highest BCUT2D eigenvalue weighted by Crippen LogP contribution is 2.20. The number of nitrogens with zero attached hydrogens (tertiary/aromatic N) is 1. The van der Waals surface area contributed by atoms with Crippen molar-refractivity contribution in [3.63, 3.8) is 0 Å². The number of benzene rings is 1. The molecule has 2 atom stereocenters. The number of likely N-dealkylation sites (tertiary alicyclic amines) is 1. The lowest BCUT2D eigenvalue weighted by atomic mass is 10.00. The standard InChI is InChI=1S/C13H17NO2/c1-10(11-5-3-2-4-6-11)13(16)14-8-7-12(15)9-14/h2-6,10,12,15H,7-9H2,1H3/t10-,12-/m1/s1. The largest absolute Gasteiger partial charge is 0.391 e. The Morgan fingerprint density at radius 3 is 2.69 bits per heavy atom. The first-order valence-corrected chi connectivity index (χ1v) is 5.70. The molecule has 0 radical (unpaired) electrons. The SMILES string of the molecule is C[C@@H](C(=O)N1CC[C@@H](O)C1)c1ccccc1. The highest BCUT2D eigenvalue weighted by Gasteiger charge is 2.28. The number of hydrogen-bond acceptors (Lipinski definition) is 2. The lowest BCUT2D eigenvalue weighted by molar-refractivity contribution is -0.131. The summed E-state index contributed by atoms with van der Waals surface area (Å²) in [7, 11) is 0. The molecule has 16 heavy (non-hydrogen) atoms. The molecule has 2 rings (SSSR count). The zero-order valence-electron chi connectivity index (χ0n) is 9.47. The van der Waals surface area contributed by atoms with Gasteiger partial charge in [0.25, 0.3) is 0 Å². The summed E-state index contributed by atoms with van der Waals surface area (Å²) in [5.74, 6) is -0.00532. The number of rotatable bonds is 2. The predicted molar refractivity (Wildman–Crippen MR) is 62.1 cm³/mol. The lowest BCUT2D eigenvalue weighted by Gasteiger charge is -2.20. The van der Waals surface area contributed by atoms with E-state index in [2.05, 4.69) is 0 Å². The molecule has 0 bridgehead atoms. The number of carbonyl (C=O) groups is 1. The van der Waals surface area contributed by atoms with E-state index < -0.39 is 0 Å². The molecule has 0 aromatic heterocycles. The molecule has 1 amide bonds. The summed E-state index contributed by atoms with van der Waals surface area (Å²) in [6.07, 6.45) is 0.361. The summed E-state index contributed by atoms with van der Waals surface area (Å²) in [5, 5.41) is 9.41. The maximum atomic E-state index is 12.1. The fourth-order valence-corrected chi connectivity index (χ4v) is 2.10. The molecule has 0 saturated carbocycles. The Bertz CT molecular complexity index is 363. The number of carbonyl (C=O) groups excluding carboxylic acids is 1. The predicted octanol–water partition coefficient (Wildman–Crippen LogP) is 1.38. The van der Waals surface area contributed by atoms with Crippen molar-refractivity contribution >= 4 is 5.91 Å². The van der Waals surface area contributed by atoms with Gasteiger partial charge in [0.05, 0.1) is 12.0 Å². The van der Waals surface area contributed by atoms with Crippen LogP contribution in [-0.2, 0) is 4.79 Å². The minimum absolute atomic E-state index is 0.114. The van der Waals surface area contributed by atoms with Crippen molar-refractivity contribution in [1.29, 1.82) is 0 Å². The maximum absolute atomic E-state index is 12.1. The van der Waals surface area contributed by atoms with Gasteiger partial charge in [-0.15, -0.1) is 0 Å². The summed E-state index contributed by atoms with van der Waals surface area (Å²) >= 11 is 0. The van der Waals surface area contributed by atoms with Crippen LogP contribution in [-0.4, -0.2) is 35.1 Å². The zero-order chi connectivity index (χ0) is 11.5. The highest BCUT2D eigenvalue weighted by molar-refractivity contribution is 5.83. The van der Waals surface area contributed by atoms with Crippen molar-refractivity contribution in [2.75, 3.05) is 13.1 Å². The van der Waals surface area contributed by atoms with E-state index in [1.807, 2.05) is 37.3 Å². The number of hydrogen-bond donors (Lipinski definition) is 1. The Morgan fingerprint density at radius 2 is 2.12 bits per heavy atom. The molecule has 3 heteroatoms. The topological polar surface area (TPSA) is 40.5 Å². The minimum Gasteiger partial charge on any atom is -0.391 e. The molecule has 1 aliphatic heterocycles. The van der Waals surface area contributed by atoms with Crippen LogP contribution in [0.25, 0.3) is 0 Å². The first kappa shape index (κ1) is 11.1. The van der Waals surface area contributed by atoms with Crippen LogP contribution in [0.2, 0.25) is 0 Å². The van der Waals surface area contributed by atoms with Gasteiger partial charge >= 0.3 is 0 Å². The van der Waals surface area contributed by atoms with Gasteiger partial charge in [-0.1, -0.05) is 30.3 Å². The molecule has 3 nitrogen and oxygen atoms in total. The molecule has 1 saturated heterocycles. The summed E-state index contributed by atoms with van der Waals surface area (Å²) in [6, 6.07) is 9.76. The van der Waals surface area contributed by atoms with Gasteiger partial charge in [-0.25, -0.2) is 0 Å². The van der Waals surface area contributed by atoms with Crippen molar-refractivity contribution in [3.05, 3.63) is 35.9 Å². The monoisotopic (exact) mass is 219 g/mol. The molecule has 1 N–H and O–H groups in total. The fraction of sp³-hybridized carbons (Fsp3) is 0.462. The molecule has 0 spiro atoms. The van der Waals surface area contributed by atoms with E-state index in [4.69, 9.17) is 0 Å². The van der Waals surface area contributed by atoms with Gasteiger partial charge in [-0.05, 0) is 18.9 Å². The summed E-state index contributed by atoms with van der Waals surface area (Å²) in [5.41, 5.74) is 1.04. The second kappa shape index (κ2) is 4.66. The second-order valence-corrected chi connectivity index (χ2v) is 4.36. The molecular weight excluding hydrogens is 202 g/mol. The van der Waals surface area contributed by atoms with E-state index in [0.29, 0.717) is 19.5 Å². The molecule has 1 aromatic rings. The number of aliphatic hydroxyl groups is 1. The van der Waals surface area contributed by atoms with Crippen molar-refractivity contribution < 1.29 is 9.90 Å². The Labute approximate surface area is 95.7 Å². The average Bonchev–Trinajstić information content (AvgIpc) is 2.75. The Morgan fingerprint density at radius 1 is 1.44 bits per heavy atom. The van der Waals surface area contributed by atoms with E-state index in [1.165, 1.54) is 0 Å². The second-order valence-electron chi connectivity index (χ2n) is 4.36. The summed E-state index contributed by atoms with van der Waals surface area (Å²) < 4.78 is 0. The smallest absolute Gasteiger partial charge is 0.229 e. The number of β-amino-alcohol motifs (C(OH)–C–C–N with tert-alkyl or cyclic N) is 1. The average molecular weight is 219 g/mol. The molecule has 0 aliphatic carbocycles. The van der Waals surface area contributed by atoms with E-state index in [9.17, 15) is 9.90 Å². The highest BCUT2D eigenvalue weighted by atomic mass is 16.3. The zero-order valence-corrected chi connectivity index (χ0v) is 9.47. The van der Waals surface area contributed by atoms with Gasteiger partial charge in [0.15, 0.2) is 0 Å². The van der Waals surface area contributed by atoms with Gasteiger partial charge in [-0.3, -0.25) is 4.79 Å². The van der Waals surface area contributed by atoms with Crippen molar-refractivity contribution in [2.45, 2.75) is 25.4 Å². The van der Waals surface area contributed by atoms with Crippen LogP contribution in [0.3, 0.4) is 0 Å². The van der Waals surface area contributed by atoms with Crippen LogP contribution in [0.15, 0.2) is 30.3 Å². The molecule has 1 fully saturated rings. The van der Waals surface area contributed by atoms with E-state index in [1.54, 1.807) is 4.90 Å². The Hall–Kier alpha value is -1.35. The Kier molecular flexibility index (Phi) is 3.25. The van der Waals surface area contributed by atoms with Crippen molar-refractivity contribution in [3.8, 4) is 0 Å². The summed E-state index contributed by atoms with van der Waals surface area (Å²) in [6.45, 7) is 3.08.